The summed E-state index contributed by atoms with van der Waals surface area (Å²) in [5.74, 6) is -4.20. The minimum atomic E-state index is -1.04. The van der Waals surface area contributed by atoms with Gasteiger partial charge in [0, 0.05) is 58.5 Å². The van der Waals surface area contributed by atoms with E-state index in [0.29, 0.717) is 210 Å². The molecule has 3 atom stereocenters. The SMILES string of the molecule is COCCOCCOCCOCCOCCOCCOCCOCCCN(CCCOCCOCCOCCOCCOCCOCCOCCOC)CCCc1cc(NC(=O)[C@H](C)NC(=O)[C@@H](NC(=O)CN2C(=O)CC(C)C2=O)C(C)C)ccc1COC(=O)C(C)C. The summed E-state index contributed by atoms with van der Waals surface area (Å²) in [6, 6.07) is 3.34. The van der Waals surface area contributed by atoms with Gasteiger partial charge >= 0.3 is 5.97 Å². The molecule has 1 fully saturated rings. The normalized spacial score (nSPS) is 14.1. The molecule has 28 nitrogen and oxygen atoms in total. The third-order valence-electron chi connectivity index (χ3n) is 13.9. The van der Waals surface area contributed by atoms with E-state index in [1.165, 1.54) is 6.92 Å². The van der Waals surface area contributed by atoms with Crippen molar-refractivity contribution in [1.82, 2.24) is 20.4 Å². The Morgan fingerprint density at radius 3 is 1.23 bits per heavy atom. The predicted molar refractivity (Wildman–Crippen MR) is 344 cm³/mol. The van der Waals surface area contributed by atoms with E-state index in [-0.39, 0.29) is 30.8 Å². The van der Waals surface area contributed by atoms with E-state index in [1.54, 1.807) is 54.9 Å². The van der Waals surface area contributed by atoms with Gasteiger partial charge in [0.15, 0.2) is 0 Å². The number of carbonyl (C=O) groups is 6. The van der Waals surface area contributed by atoms with Crippen LogP contribution in [0.15, 0.2) is 18.2 Å². The van der Waals surface area contributed by atoms with Crippen LogP contribution in [0.1, 0.15) is 78.4 Å². The summed E-state index contributed by atoms with van der Waals surface area (Å²) in [6.45, 7) is 26.5. The molecule has 5 amide bonds. The van der Waals surface area contributed by atoms with E-state index >= 15 is 0 Å². The van der Waals surface area contributed by atoms with E-state index in [2.05, 4.69) is 20.9 Å². The predicted octanol–water partition coefficient (Wildman–Crippen LogP) is 2.90. The smallest absolute Gasteiger partial charge is 0.308 e. The van der Waals surface area contributed by atoms with E-state index in [1.807, 2.05) is 12.1 Å². The highest BCUT2D eigenvalue weighted by Crippen LogP contribution is 2.21. The summed E-state index contributed by atoms with van der Waals surface area (Å²) in [5.41, 5.74) is 2.15. The summed E-state index contributed by atoms with van der Waals surface area (Å²) in [6.07, 6.45) is 2.92. The molecular weight excluding hydrogens is 1220 g/mol. The lowest BCUT2D eigenvalue weighted by Crippen LogP contribution is -2.55. The summed E-state index contributed by atoms with van der Waals surface area (Å²) < 4.78 is 93.8. The Kier molecular flexibility index (Phi) is 52.6. The largest absolute Gasteiger partial charge is 0.461 e. The van der Waals surface area contributed by atoms with Crippen LogP contribution in [0.4, 0.5) is 5.69 Å². The molecule has 0 aromatic heterocycles. The third-order valence-corrected chi connectivity index (χ3v) is 13.9. The molecule has 1 aliphatic heterocycles. The Bertz CT molecular complexity index is 2030. The second kappa shape index (κ2) is 57.8. The van der Waals surface area contributed by atoms with Crippen LogP contribution in [0.3, 0.4) is 0 Å². The number of likely N-dealkylation sites (tertiary alicyclic amines) is 1. The lowest BCUT2D eigenvalue weighted by atomic mass is 10.0. The van der Waals surface area contributed by atoms with Crippen LogP contribution in [-0.4, -0.2) is 296 Å². The number of hydrogen-bond donors (Lipinski definition) is 3. The number of imide groups is 1. The molecule has 1 aliphatic rings. The number of amides is 5. The van der Waals surface area contributed by atoms with Gasteiger partial charge in [-0.25, -0.2) is 0 Å². The summed E-state index contributed by atoms with van der Waals surface area (Å²) >= 11 is 0. The van der Waals surface area contributed by atoms with Gasteiger partial charge < -0.3 is 101 Å². The number of ether oxygens (including phenoxy) is 17. The molecule has 0 aliphatic carbocycles. The molecule has 28 heteroatoms. The first-order valence-corrected chi connectivity index (χ1v) is 33.0. The second-order valence-corrected chi connectivity index (χ2v) is 22.4. The molecule has 1 heterocycles. The topological polar surface area (TPSA) is 302 Å². The Labute approximate surface area is 552 Å². The zero-order valence-corrected chi connectivity index (χ0v) is 57.2. The van der Waals surface area contributed by atoms with Crippen molar-refractivity contribution in [2.75, 3.05) is 244 Å². The number of rotatable bonds is 65. The fourth-order valence-electron chi connectivity index (χ4n) is 8.66. The molecule has 1 saturated heterocycles. The van der Waals surface area contributed by atoms with Crippen LogP contribution < -0.4 is 16.0 Å². The van der Waals surface area contributed by atoms with E-state index in [0.717, 1.165) is 54.9 Å². The monoisotopic (exact) mass is 1330 g/mol. The number of nitrogens with zero attached hydrogens (tertiary/aromatic N) is 2. The van der Waals surface area contributed by atoms with Gasteiger partial charge in [0.05, 0.1) is 191 Å². The number of anilines is 1. The molecule has 1 unspecified atom stereocenters. The van der Waals surface area contributed by atoms with Gasteiger partial charge in [-0.1, -0.05) is 40.7 Å². The molecule has 1 aromatic carbocycles. The van der Waals surface area contributed by atoms with Crippen molar-refractivity contribution in [2.45, 2.75) is 92.3 Å². The van der Waals surface area contributed by atoms with Crippen molar-refractivity contribution >= 4 is 41.2 Å². The first-order chi connectivity index (χ1) is 45.2. The molecule has 0 saturated carbocycles. The highest BCUT2D eigenvalue weighted by Gasteiger charge is 2.37. The standard InChI is InChI=1S/C65H115N5O23/c1-52(2)61(68-59(71)50-70-60(72)48-54(5)64(70)75)63(74)66-55(6)62(73)67-58-14-13-57(51-93-65(76)53(3)4)56(49-58)12-9-15-69(16-10-18-79-24-26-83-32-34-87-40-42-91-46-44-89-38-36-85-30-28-81-22-20-77-7)17-11-19-80-25-27-84-33-35-88-41-43-92-47-45-90-39-37-86-31-29-82-23-21-78-8/h13-14,49,52-55,61H,9-12,15-48,50-51H2,1-8H3,(H,66,74)(H,67,73)(H,68,71)/t54?,55-,61-/m0/s1. The third kappa shape index (κ3) is 44.8. The Morgan fingerprint density at radius 1 is 0.495 bits per heavy atom. The zero-order chi connectivity index (χ0) is 67.8. The van der Waals surface area contributed by atoms with Crippen molar-refractivity contribution < 1.29 is 109 Å². The number of esters is 1. The number of carbonyl (C=O) groups excluding carboxylic acids is 6. The maximum absolute atomic E-state index is 13.6. The first-order valence-electron chi connectivity index (χ1n) is 33.0. The number of benzene rings is 1. The minimum absolute atomic E-state index is 0.0237. The van der Waals surface area contributed by atoms with E-state index in [4.69, 9.17) is 80.5 Å². The minimum Gasteiger partial charge on any atom is -0.461 e. The molecule has 1 aromatic rings. The highest BCUT2D eigenvalue weighted by atomic mass is 16.6. The van der Waals surface area contributed by atoms with Crippen LogP contribution >= 0.6 is 0 Å². The molecule has 0 bridgehead atoms. The first kappa shape index (κ1) is 84.6. The molecule has 0 radical (unpaired) electrons. The van der Waals surface area contributed by atoms with Gasteiger partial charge in [0.2, 0.25) is 29.5 Å². The number of aryl methyl sites for hydroxylation is 1. The highest BCUT2D eigenvalue weighted by molar-refractivity contribution is 6.06. The molecule has 538 valence electrons. The number of nitrogens with one attached hydrogen (secondary N) is 3. The molecule has 2 rings (SSSR count). The maximum atomic E-state index is 13.6. The van der Waals surface area contributed by atoms with Crippen LogP contribution in [0, 0.1) is 17.8 Å². The lowest BCUT2D eigenvalue weighted by Gasteiger charge is -2.25. The van der Waals surface area contributed by atoms with Crippen molar-refractivity contribution in [2.24, 2.45) is 17.8 Å². The fraction of sp³-hybridized carbons (Fsp3) is 0.815. The van der Waals surface area contributed by atoms with Crippen molar-refractivity contribution in [3.05, 3.63) is 29.3 Å². The van der Waals surface area contributed by atoms with Crippen molar-refractivity contribution in [3.8, 4) is 0 Å². The van der Waals surface area contributed by atoms with Gasteiger partial charge in [-0.05, 0) is 68.3 Å². The average molecular weight is 1330 g/mol. The zero-order valence-electron chi connectivity index (χ0n) is 57.2. The lowest BCUT2D eigenvalue weighted by molar-refractivity contribution is -0.148. The maximum Gasteiger partial charge on any atom is 0.308 e. The number of methoxy groups -OCH3 is 2. The van der Waals surface area contributed by atoms with Gasteiger partial charge in [0.1, 0.15) is 25.2 Å². The van der Waals surface area contributed by atoms with Gasteiger partial charge in [-0.15, -0.1) is 0 Å². The molecule has 93 heavy (non-hydrogen) atoms. The van der Waals surface area contributed by atoms with Crippen LogP contribution in [0.2, 0.25) is 0 Å². The second-order valence-electron chi connectivity index (χ2n) is 22.4. The van der Waals surface area contributed by atoms with Gasteiger partial charge in [0.25, 0.3) is 0 Å². The summed E-state index contributed by atoms with van der Waals surface area (Å²) in [4.78, 5) is 80.6. The summed E-state index contributed by atoms with van der Waals surface area (Å²) in [5, 5.41) is 8.23. The molecule has 0 spiro atoms. The number of hydrogen-bond acceptors (Lipinski definition) is 24. The van der Waals surface area contributed by atoms with E-state index < -0.39 is 54.1 Å². The van der Waals surface area contributed by atoms with Crippen LogP contribution in [-0.2, 0) is 122 Å². The fourth-order valence-corrected chi connectivity index (χ4v) is 8.66. The van der Waals surface area contributed by atoms with Gasteiger partial charge in [-0.2, -0.15) is 0 Å². The average Bonchev–Trinajstić information content (AvgIpc) is 1.90. The van der Waals surface area contributed by atoms with Crippen molar-refractivity contribution in [3.63, 3.8) is 0 Å². The van der Waals surface area contributed by atoms with Crippen molar-refractivity contribution in [1.29, 1.82) is 0 Å². The van der Waals surface area contributed by atoms with E-state index in [9.17, 15) is 28.8 Å². The Morgan fingerprint density at radius 2 is 0.871 bits per heavy atom. The van der Waals surface area contributed by atoms with Crippen LogP contribution in [0.25, 0.3) is 0 Å². The Balaban J connectivity index is 1.85. The summed E-state index contributed by atoms with van der Waals surface area (Å²) in [7, 11) is 3.27. The molecule has 3 N–H and O–H groups in total. The van der Waals surface area contributed by atoms with Crippen LogP contribution in [0.5, 0.6) is 0 Å². The quantitative estimate of drug-likeness (QED) is 0.0480. The molecular formula is C65H115N5O23. The van der Waals surface area contributed by atoms with Gasteiger partial charge in [-0.3, -0.25) is 33.7 Å². The Hall–Kier alpha value is -4.44.